The average Bonchev–Trinajstić information content (AvgIpc) is 2.94. The highest BCUT2D eigenvalue weighted by molar-refractivity contribution is 5.99. The van der Waals surface area contributed by atoms with Crippen LogP contribution >= 0.6 is 0 Å². The standard InChI is InChI=1S/C27H25N3O2.C2HF3O2/c1-32-22-12-13-23-24(18-22)26(21-10-6-3-7-11-21)25(19-28)30(27(23)31)17-16-29-15-14-20-8-4-2-5-9-20;3-2(4,5)1(6)7/h2-13,18,29H,14-17H2,1H3;(H,6,7). The number of nitriles is 1. The molecule has 1 aromatic heterocycles. The first-order valence-electron chi connectivity index (χ1n) is 11.9. The Morgan fingerprint density at radius 1 is 1.00 bits per heavy atom. The average molecular weight is 538 g/mol. The van der Waals surface area contributed by atoms with Gasteiger partial charge in [-0.2, -0.15) is 18.4 Å². The van der Waals surface area contributed by atoms with E-state index in [1.165, 1.54) is 5.56 Å². The first-order valence-corrected chi connectivity index (χ1v) is 11.9. The Morgan fingerprint density at radius 2 is 1.62 bits per heavy atom. The molecule has 0 aliphatic heterocycles. The van der Waals surface area contributed by atoms with Crippen LogP contribution in [-0.4, -0.2) is 42.0 Å². The SMILES string of the molecule is COc1ccc2c(=O)n(CCNCCc3ccccc3)c(C#N)c(-c3ccccc3)c2c1.O=C(O)C(F)(F)F. The molecule has 4 rings (SSSR count). The number of halogens is 3. The summed E-state index contributed by atoms with van der Waals surface area (Å²) in [5.74, 6) is -2.11. The lowest BCUT2D eigenvalue weighted by Gasteiger charge is -2.17. The van der Waals surface area contributed by atoms with Crippen molar-refractivity contribution in [3.63, 3.8) is 0 Å². The normalized spacial score (nSPS) is 10.8. The predicted molar refractivity (Wildman–Crippen MR) is 142 cm³/mol. The molecule has 202 valence electrons. The van der Waals surface area contributed by atoms with Gasteiger partial charge in [0.1, 0.15) is 17.5 Å². The smallest absolute Gasteiger partial charge is 0.490 e. The van der Waals surface area contributed by atoms with Gasteiger partial charge in [-0.05, 0) is 42.3 Å². The fraction of sp³-hybridized carbons (Fsp3) is 0.207. The molecule has 0 spiro atoms. The number of ether oxygens (including phenoxy) is 1. The second-order valence-electron chi connectivity index (χ2n) is 8.36. The van der Waals surface area contributed by atoms with Crippen molar-refractivity contribution in [2.75, 3.05) is 20.2 Å². The van der Waals surface area contributed by atoms with Crippen LogP contribution < -0.4 is 15.6 Å². The van der Waals surface area contributed by atoms with Gasteiger partial charge in [0, 0.05) is 29.4 Å². The van der Waals surface area contributed by atoms with E-state index in [9.17, 15) is 23.2 Å². The van der Waals surface area contributed by atoms with Gasteiger partial charge in [-0.15, -0.1) is 0 Å². The summed E-state index contributed by atoms with van der Waals surface area (Å²) in [5, 5.41) is 21.9. The number of fused-ring (bicyclic) bond motifs is 1. The Balaban J connectivity index is 0.000000532. The molecule has 0 saturated carbocycles. The number of rotatable bonds is 8. The molecule has 0 bridgehead atoms. The van der Waals surface area contributed by atoms with Gasteiger partial charge < -0.3 is 15.2 Å². The molecule has 0 aliphatic carbocycles. The van der Waals surface area contributed by atoms with E-state index in [-0.39, 0.29) is 5.56 Å². The lowest BCUT2D eigenvalue weighted by molar-refractivity contribution is -0.192. The van der Waals surface area contributed by atoms with Gasteiger partial charge in [0.05, 0.1) is 7.11 Å². The minimum Gasteiger partial charge on any atom is -0.497 e. The first kappa shape index (κ1) is 28.9. The van der Waals surface area contributed by atoms with Crippen molar-refractivity contribution in [3.8, 4) is 22.9 Å². The second-order valence-corrected chi connectivity index (χ2v) is 8.36. The van der Waals surface area contributed by atoms with E-state index in [1.54, 1.807) is 23.8 Å². The van der Waals surface area contributed by atoms with Crippen LogP contribution in [0.4, 0.5) is 13.2 Å². The number of carboxylic acids is 1. The van der Waals surface area contributed by atoms with Gasteiger partial charge in [0.15, 0.2) is 0 Å². The van der Waals surface area contributed by atoms with Crippen LogP contribution in [0.5, 0.6) is 5.75 Å². The van der Waals surface area contributed by atoms with E-state index >= 15 is 0 Å². The van der Waals surface area contributed by atoms with Crippen molar-refractivity contribution in [3.05, 3.63) is 100 Å². The van der Waals surface area contributed by atoms with Crippen LogP contribution in [0.15, 0.2) is 83.7 Å². The summed E-state index contributed by atoms with van der Waals surface area (Å²) in [7, 11) is 1.59. The topological polar surface area (TPSA) is 104 Å². The van der Waals surface area contributed by atoms with Crippen molar-refractivity contribution in [2.24, 2.45) is 0 Å². The highest BCUT2D eigenvalue weighted by Gasteiger charge is 2.38. The number of aromatic nitrogens is 1. The highest BCUT2D eigenvalue weighted by Crippen LogP contribution is 2.32. The number of carboxylic acid groups (broad SMARTS) is 1. The molecule has 0 unspecified atom stereocenters. The fourth-order valence-corrected chi connectivity index (χ4v) is 3.97. The number of nitrogens with zero attached hydrogens (tertiary/aromatic N) is 2. The van der Waals surface area contributed by atoms with E-state index in [0.29, 0.717) is 29.9 Å². The van der Waals surface area contributed by atoms with Gasteiger partial charge >= 0.3 is 12.1 Å². The zero-order valence-electron chi connectivity index (χ0n) is 21.0. The van der Waals surface area contributed by atoms with E-state index < -0.39 is 12.1 Å². The van der Waals surface area contributed by atoms with Crippen LogP contribution in [0.2, 0.25) is 0 Å². The van der Waals surface area contributed by atoms with Gasteiger partial charge in [-0.1, -0.05) is 60.7 Å². The van der Waals surface area contributed by atoms with Gasteiger partial charge in [-0.3, -0.25) is 9.36 Å². The molecular weight excluding hydrogens is 511 g/mol. The summed E-state index contributed by atoms with van der Waals surface area (Å²) in [6.07, 6.45) is -4.17. The van der Waals surface area contributed by atoms with Crippen molar-refractivity contribution >= 4 is 16.7 Å². The molecule has 39 heavy (non-hydrogen) atoms. The Hall–Kier alpha value is -4.62. The molecule has 3 aromatic carbocycles. The summed E-state index contributed by atoms with van der Waals surface area (Å²) in [4.78, 5) is 22.2. The first-order chi connectivity index (χ1) is 18.7. The summed E-state index contributed by atoms with van der Waals surface area (Å²) in [5.41, 5.74) is 3.12. The number of benzene rings is 3. The molecule has 0 radical (unpaired) electrons. The number of methoxy groups -OCH3 is 1. The molecular formula is C29H26F3N3O4. The quantitative estimate of drug-likeness (QED) is 0.306. The number of aliphatic carboxylic acids is 1. The molecule has 7 nitrogen and oxygen atoms in total. The van der Waals surface area contributed by atoms with E-state index in [4.69, 9.17) is 14.6 Å². The third-order valence-corrected chi connectivity index (χ3v) is 5.83. The van der Waals surface area contributed by atoms with E-state index in [2.05, 4.69) is 23.5 Å². The van der Waals surface area contributed by atoms with Crippen molar-refractivity contribution in [1.82, 2.24) is 9.88 Å². The summed E-state index contributed by atoms with van der Waals surface area (Å²) < 4.78 is 38.7. The minimum absolute atomic E-state index is 0.163. The Labute approximate surface area is 222 Å². The number of alkyl halides is 3. The highest BCUT2D eigenvalue weighted by atomic mass is 19.4. The molecule has 2 N–H and O–H groups in total. The van der Waals surface area contributed by atoms with Crippen molar-refractivity contribution in [1.29, 1.82) is 5.26 Å². The molecule has 0 atom stereocenters. The number of hydrogen-bond acceptors (Lipinski definition) is 5. The summed E-state index contributed by atoms with van der Waals surface area (Å²) in [6, 6.07) is 27.7. The Kier molecular flexibility index (Phi) is 9.84. The van der Waals surface area contributed by atoms with Crippen LogP contribution in [-0.2, 0) is 17.8 Å². The molecule has 0 saturated heterocycles. The zero-order chi connectivity index (χ0) is 28.4. The van der Waals surface area contributed by atoms with E-state index in [1.807, 2.05) is 54.6 Å². The number of nitrogens with one attached hydrogen (secondary N) is 1. The lowest BCUT2D eigenvalue weighted by atomic mass is 9.97. The van der Waals surface area contributed by atoms with Crippen LogP contribution in [0.25, 0.3) is 21.9 Å². The number of pyridine rings is 1. The number of carbonyl (C=O) groups is 1. The van der Waals surface area contributed by atoms with Gasteiger partial charge in [0.25, 0.3) is 5.56 Å². The lowest BCUT2D eigenvalue weighted by Crippen LogP contribution is -2.30. The molecule has 0 aliphatic rings. The maximum atomic E-state index is 13.3. The summed E-state index contributed by atoms with van der Waals surface area (Å²) >= 11 is 0. The summed E-state index contributed by atoms with van der Waals surface area (Å²) in [6.45, 7) is 1.81. The maximum absolute atomic E-state index is 13.3. The fourth-order valence-electron chi connectivity index (χ4n) is 3.97. The van der Waals surface area contributed by atoms with E-state index in [0.717, 1.165) is 29.5 Å². The Bertz CT molecular complexity index is 1510. The van der Waals surface area contributed by atoms with Crippen LogP contribution in [0.3, 0.4) is 0 Å². The number of hydrogen-bond donors (Lipinski definition) is 2. The molecule has 4 aromatic rings. The Morgan fingerprint density at radius 3 is 2.18 bits per heavy atom. The van der Waals surface area contributed by atoms with Crippen molar-refractivity contribution in [2.45, 2.75) is 19.1 Å². The van der Waals surface area contributed by atoms with Crippen LogP contribution in [0.1, 0.15) is 11.3 Å². The molecule has 10 heteroatoms. The van der Waals surface area contributed by atoms with Crippen LogP contribution in [0, 0.1) is 11.3 Å². The molecule has 1 heterocycles. The largest absolute Gasteiger partial charge is 0.497 e. The third-order valence-electron chi connectivity index (χ3n) is 5.83. The predicted octanol–water partition coefficient (Wildman–Crippen LogP) is 5.01. The molecule has 0 amide bonds. The minimum atomic E-state index is -5.08. The van der Waals surface area contributed by atoms with Crippen molar-refractivity contribution < 1.29 is 27.8 Å². The van der Waals surface area contributed by atoms with Gasteiger partial charge in [-0.25, -0.2) is 4.79 Å². The monoisotopic (exact) mass is 537 g/mol. The maximum Gasteiger partial charge on any atom is 0.490 e. The zero-order valence-corrected chi connectivity index (χ0v) is 21.0. The van der Waals surface area contributed by atoms with Gasteiger partial charge in [0.2, 0.25) is 0 Å². The second kappa shape index (κ2) is 13.3. The third kappa shape index (κ3) is 7.46. The molecule has 0 fully saturated rings.